The molecule has 0 saturated carbocycles. The largest absolute Gasteiger partial charge is 0.379 e. The smallest absolute Gasteiger partial charge is 0.270 e. The molecular formula is C20H30N4O4. The number of nitrogens with one attached hydrogen (secondary N) is 1. The van der Waals surface area contributed by atoms with Crippen LogP contribution >= 0.6 is 0 Å². The van der Waals surface area contributed by atoms with Crippen molar-refractivity contribution in [1.82, 2.24) is 10.2 Å². The molecule has 0 radical (unpaired) electrons. The zero-order chi connectivity index (χ0) is 19.9. The van der Waals surface area contributed by atoms with Crippen LogP contribution in [0.4, 0.5) is 11.4 Å². The van der Waals surface area contributed by atoms with Crippen LogP contribution in [0.1, 0.15) is 36.5 Å². The second-order valence-electron chi connectivity index (χ2n) is 7.69. The molecule has 2 saturated heterocycles. The molecule has 1 aromatic carbocycles. The number of amides is 1. The zero-order valence-electron chi connectivity index (χ0n) is 16.6. The number of carbonyl (C=O) groups excluding carboxylic acids is 1. The van der Waals surface area contributed by atoms with Gasteiger partial charge < -0.3 is 15.0 Å². The minimum Gasteiger partial charge on any atom is -0.379 e. The van der Waals surface area contributed by atoms with Gasteiger partial charge in [0.1, 0.15) is 0 Å². The quantitative estimate of drug-likeness (QED) is 0.437. The number of non-ortho nitro benzene ring substituents is 1. The van der Waals surface area contributed by atoms with Crippen LogP contribution in [-0.2, 0) is 4.74 Å². The van der Waals surface area contributed by atoms with Gasteiger partial charge in [0.05, 0.1) is 29.4 Å². The summed E-state index contributed by atoms with van der Waals surface area (Å²) in [6.45, 7) is 8.81. The summed E-state index contributed by atoms with van der Waals surface area (Å²) in [7, 11) is 0. The Morgan fingerprint density at radius 1 is 1.25 bits per heavy atom. The van der Waals surface area contributed by atoms with Crippen LogP contribution in [0.15, 0.2) is 18.2 Å². The van der Waals surface area contributed by atoms with E-state index in [4.69, 9.17) is 4.74 Å². The van der Waals surface area contributed by atoms with Gasteiger partial charge in [0.25, 0.3) is 11.6 Å². The van der Waals surface area contributed by atoms with Crippen LogP contribution in [0.5, 0.6) is 0 Å². The molecule has 154 valence electrons. The van der Waals surface area contributed by atoms with Gasteiger partial charge in [-0.3, -0.25) is 19.8 Å². The molecule has 1 aromatic rings. The summed E-state index contributed by atoms with van der Waals surface area (Å²) in [5.41, 5.74) is 1.14. The lowest BCUT2D eigenvalue weighted by atomic mass is 9.98. The molecule has 1 amide bonds. The van der Waals surface area contributed by atoms with Crippen molar-refractivity contribution in [2.24, 2.45) is 5.92 Å². The van der Waals surface area contributed by atoms with E-state index in [1.165, 1.54) is 12.1 Å². The van der Waals surface area contributed by atoms with Crippen LogP contribution in [-0.4, -0.2) is 68.2 Å². The van der Waals surface area contributed by atoms with Gasteiger partial charge in [-0.2, -0.15) is 0 Å². The molecule has 2 fully saturated rings. The average Bonchev–Trinajstić information content (AvgIpc) is 2.72. The van der Waals surface area contributed by atoms with Crippen molar-refractivity contribution < 1.29 is 14.5 Å². The lowest BCUT2D eigenvalue weighted by molar-refractivity contribution is -0.384. The SMILES string of the molecule is CC1CCN(c2ccc([N+](=O)[O-])cc2C(=O)NCCCN2CCOCC2)CC1. The molecule has 2 heterocycles. The van der Waals surface area contributed by atoms with Crippen molar-refractivity contribution in [3.05, 3.63) is 33.9 Å². The average molecular weight is 390 g/mol. The van der Waals surface area contributed by atoms with E-state index in [1.807, 2.05) is 0 Å². The highest BCUT2D eigenvalue weighted by Gasteiger charge is 2.23. The van der Waals surface area contributed by atoms with Gasteiger partial charge in [-0.15, -0.1) is 0 Å². The van der Waals surface area contributed by atoms with Crippen molar-refractivity contribution in [1.29, 1.82) is 0 Å². The molecule has 1 N–H and O–H groups in total. The number of morpholine rings is 1. The molecule has 28 heavy (non-hydrogen) atoms. The van der Waals surface area contributed by atoms with Gasteiger partial charge in [-0.25, -0.2) is 0 Å². The molecule has 0 unspecified atom stereocenters. The third-order valence-corrected chi connectivity index (χ3v) is 5.60. The molecule has 2 aliphatic heterocycles. The van der Waals surface area contributed by atoms with E-state index in [2.05, 4.69) is 22.0 Å². The van der Waals surface area contributed by atoms with Crippen LogP contribution in [0.25, 0.3) is 0 Å². The van der Waals surface area contributed by atoms with E-state index >= 15 is 0 Å². The van der Waals surface area contributed by atoms with E-state index in [9.17, 15) is 14.9 Å². The van der Waals surface area contributed by atoms with Gasteiger partial charge in [0.15, 0.2) is 0 Å². The van der Waals surface area contributed by atoms with E-state index in [-0.39, 0.29) is 11.6 Å². The van der Waals surface area contributed by atoms with Gasteiger partial charge >= 0.3 is 0 Å². The lowest BCUT2D eigenvalue weighted by Gasteiger charge is -2.33. The molecular weight excluding hydrogens is 360 g/mol. The Labute approximate surface area is 166 Å². The van der Waals surface area contributed by atoms with Gasteiger partial charge in [0, 0.05) is 44.9 Å². The maximum atomic E-state index is 12.8. The minimum absolute atomic E-state index is 0.0485. The normalized spacial score (nSPS) is 18.8. The number of rotatable bonds is 7. The first-order chi connectivity index (χ1) is 13.5. The third kappa shape index (κ3) is 5.42. The Kier molecular flexibility index (Phi) is 7.22. The van der Waals surface area contributed by atoms with E-state index in [1.54, 1.807) is 6.07 Å². The Morgan fingerprint density at radius 3 is 2.64 bits per heavy atom. The number of hydrogen-bond acceptors (Lipinski definition) is 6. The molecule has 0 atom stereocenters. The Morgan fingerprint density at radius 2 is 1.96 bits per heavy atom. The maximum absolute atomic E-state index is 12.8. The molecule has 0 spiro atoms. The zero-order valence-corrected chi connectivity index (χ0v) is 16.6. The Hall–Kier alpha value is -2.19. The van der Waals surface area contributed by atoms with Crippen LogP contribution < -0.4 is 10.2 Å². The first kappa shape index (κ1) is 20.5. The second-order valence-corrected chi connectivity index (χ2v) is 7.69. The van der Waals surface area contributed by atoms with Crippen LogP contribution in [0, 0.1) is 16.0 Å². The molecule has 3 rings (SSSR count). The van der Waals surface area contributed by atoms with Crippen molar-refractivity contribution >= 4 is 17.3 Å². The van der Waals surface area contributed by atoms with Crippen LogP contribution in [0.2, 0.25) is 0 Å². The Balaban J connectivity index is 1.62. The second kappa shape index (κ2) is 9.84. The minimum atomic E-state index is -0.447. The summed E-state index contributed by atoms with van der Waals surface area (Å²) in [4.78, 5) is 28.0. The fourth-order valence-electron chi connectivity index (χ4n) is 3.77. The van der Waals surface area contributed by atoms with E-state index < -0.39 is 4.92 Å². The van der Waals surface area contributed by atoms with E-state index in [0.29, 0.717) is 18.0 Å². The van der Waals surface area contributed by atoms with Gasteiger partial charge in [-0.1, -0.05) is 6.92 Å². The molecule has 8 nitrogen and oxygen atoms in total. The van der Waals surface area contributed by atoms with Crippen molar-refractivity contribution in [3.63, 3.8) is 0 Å². The summed E-state index contributed by atoms with van der Waals surface area (Å²) in [5, 5.41) is 14.1. The van der Waals surface area contributed by atoms with E-state index in [0.717, 1.165) is 70.9 Å². The number of hydrogen-bond donors (Lipinski definition) is 1. The number of nitrogens with zero attached hydrogens (tertiary/aromatic N) is 3. The fraction of sp³-hybridized carbons (Fsp3) is 0.650. The first-order valence-electron chi connectivity index (χ1n) is 10.2. The van der Waals surface area contributed by atoms with Gasteiger partial charge in [0.2, 0.25) is 0 Å². The highest BCUT2D eigenvalue weighted by atomic mass is 16.6. The number of nitro groups is 1. The van der Waals surface area contributed by atoms with Crippen molar-refractivity contribution in [3.8, 4) is 0 Å². The monoisotopic (exact) mass is 390 g/mol. The molecule has 0 aromatic heterocycles. The highest BCUT2D eigenvalue weighted by Crippen LogP contribution is 2.29. The molecule has 2 aliphatic rings. The first-order valence-corrected chi connectivity index (χ1v) is 10.2. The lowest BCUT2D eigenvalue weighted by Crippen LogP contribution is -2.38. The number of ether oxygens (including phenoxy) is 1. The number of anilines is 1. The standard InChI is InChI=1S/C20H30N4O4/c1-16-5-9-23(10-6-16)19-4-3-17(24(26)27)15-18(19)20(25)21-7-2-8-22-11-13-28-14-12-22/h3-4,15-16H,2,5-14H2,1H3,(H,21,25). The topological polar surface area (TPSA) is 87.9 Å². The summed E-state index contributed by atoms with van der Waals surface area (Å²) in [6.07, 6.45) is 2.98. The maximum Gasteiger partial charge on any atom is 0.270 e. The third-order valence-electron chi connectivity index (χ3n) is 5.60. The summed E-state index contributed by atoms with van der Waals surface area (Å²) < 4.78 is 5.34. The molecule has 0 aliphatic carbocycles. The molecule has 8 heteroatoms. The number of carbonyl (C=O) groups is 1. The number of benzene rings is 1. The fourth-order valence-corrected chi connectivity index (χ4v) is 3.77. The summed E-state index contributed by atoms with van der Waals surface area (Å²) >= 11 is 0. The summed E-state index contributed by atoms with van der Waals surface area (Å²) in [5.74, 6) is 0.436. The Bertz CT molecular complexity index is 683. The predicted octanol–water partition coefficient (Wildman–Crippen LogP) is 2.28. The molecule has 0 bridgehead atoms. The van der Waals surface area contributed by atoms with Crippen molar-refractivity contribution in [2.45, 2.75) is 26.2 Å². The summed E-state index contributed by atoms with van der Waals surface area (Å²) in [6, 6.07) is 4.62. The predicted molar refractivity (Wildman–Crippen MR) is 108 cm³/mol. The van der Waals surface area contributed by atoms with Crippen LogP contribution in [0.3, 0.4) is 0 Å². The van der Waals surface area contributed by atoms with Crippen molar-refractivity contribution in [2.75, 3.05) is 57.4 Å². The highest BCUT2D eigenvalue weighted by molar-refractivity contribution is 6.00. The number of nitro benzene ring substituents is 1. The number of piperidine rings is 1. The van der Waals surface area contributed by atoms with Gasteiger partial charge in [-0.05, 0) is 37.8 Å².